The summed E-state index contributed by atoms with van der Waals surface area (Å²) in [5.41, 5.74) is 0.931. The van der Waals surface area contributed by atoms with Gasteiger partial charge in [-0.2, -0.15) is 5.26 Å². The van der Waals surface area contributed by atoms with Crippen LogP contribution in [0.5, 0.6) is 0 Å². The number of rotatable bonds is 1. The largest absolute Gasteiger partial charge is 0.372 e. The van der Waals surface area contributed by atoms with Crippen LogP contribution in [0, 0.1) is 12.3 Å². The molecule has 1 aromatic carbocycles. The van der Waals surface area contributed by atoms with Crippen LogP contribution in [0.4, 0.5) is 0 Å². The standard InChI is InChI=1S/C9H6O3/c1-2-7-3-5-8(6-4-7)9(10)12-11/h1,3-6,11H. The van der Waals surface area contributed by atoms with E-state index in [-0.39, 0.29) is 5.56 Å². The van der Waals surface area contributed by atoms with Crippen LogP contribution in [-0.2, 0) is 4.89 Å². The summed E-state index contributed by atoms with van der Waals surface area (Å²) in [6.07, 6.45) is 5.09. The Bertz CT molecular complexity index is 319. The van der Waals surface area contributed by atoms with Crippen molar-refractivity contribution in [2.45, 2.75) is 0 Å². The first-order chi connectivity index (χ1) is 5.77. The summed E-state index contributed by atoms with van der Waals surface area (Å²) in [6, 6.07) is 6.14. The summed E-state index contributed by atoms with van der Waals surface area (Å²) < 4.78 is 0. The molecule has 3 heteroatoms. The summed E-state index contributed by atoms with van der Waals surface area (Å²) >= 11 is 0. The highest BCUT2D eigenvalue weighted by Crippen LogP contribution is 2.03. The van der Waals surface area contributed by atoms with Crippen LogP contribution in [0.3, 0.4) is 0 Å². The van der Waals surface area contributed by atoms with Gasteiger partial charge in [0.1, 0.15) is 0 Å². The molecule has 0 aliphatic carbocycles. The van der Waals surface area contributed by atoms with Crippen molar-refractivity contribution in [2.75, 3.05) is 0 Å². The fourth-order valence-corrected chi connectivity index (χ4v) is 0.755. The van der Waals surface area contributed by atoms with E-state index >= 15 is 0 Å². The lowest BCUT2D eigenvalue weighted by atomic mass is 10.1. The number of carbonyl (C=O) groups excluding carboxylic acids is 1. The zero-order valence-corrected chi connectivity index (χ0v) is 6.15. The van der Waals surface area contributed by atoms with E-state index in [2.05, 4.69) is 10.8 Å². The molecule has 0 radical (unpaired) electrons. The maximum atomic E-state index is 10.7. The van der Waals surface area contributed by atoms with Crippen molar-refractivity contribution in [3.05, 3.63) is 35.4 Å². The molecule has 0 aliphatic rings. The van der Waals surface area contributed by atoms with Gasteiger partial charge in [-0.3, -0.25) is 4.89 Å². The molecule has 60 valence electrons. The summed E-state index contributed by atoms with van der Waals surface area (Å²) in [6.45, 7) is 0. The first kappa shape index (κ1) is 8.31. The predicted octanol–water partition coefficient (Wildman–Crippen LogP) is 1.30. The maximum Gasteiger partial charge on any atom is 0.372 e. The van der Waals surface area contributed by atoms with Crippen molar-refractivity contribution in [3.8, 4) is 12.3 Å². The van der Waals surface area contributed by atoms with Gasteiger partial charge in [0.15, 0.2) is 0 Å². The van der Waals surface area contributed by atoms with Crippen molar-refractivity contribution >= 4 is 5.97 Å². The highest BCUT2D eigenvalue weighted by atomic mass is 17.1. The van der Waals surface area contributed by atoms with Gasteiger partial charge in [-0.05, 0) is 24.3 Å². The van der Waals surface area contributed by atoms with E-state index in [0.29, 0.717) is 5.56 Å². The first-order valence-corrected chi connectivity index (χ1v) is 3.20. The highest BCUT2D eigenvalue weighted by molar-refractivity contribution is 5.88. The molecule has 1 N–H and O–H groups in total. The molecule has 3 nitrogen and oxygen atoms in total. The van der Waals surface area contributed by atoms with Crippen LogP contribution in [0.15, 0.2) is 24.3 Å². The Morgan fingerprint density at radius 2 is 2.00 bits per heavy atom. The minimum absolute atomic E-state index is 0.261. The molecule has 0 aromatic heterocycles. The van der Waals surface area contributed by atoms with E-state index in [1.54, 1.807) is 12.1 Å². The molecular formula is C9H6O3. The highest BCUT2D eigenvalue weighted by Gasteiger charge is 2.04. The molecule has 0 bridgehead atoms. The van der Waals surface area contributed by atoms with Gasteiger partial charge >= 0.3 is 5.97 Å². The maximum absolute atomic E-state index is 10.7. The second-order valence-corrected chi connectivity index (χ2v) is 2.10. The summed E-state index contributed by atoms with van der Waals surface area (Å²) in [5, 5.41) is 8.02. The third kappa shape index (κ3) is 1.62. The van der Waals surface area contributed by atoms with Crippen LogP contribution in [0.25, 0.3) is 0 Å². The van der Waals surface area contributed by atoms with E-state index in [0.717, 1.165) is 0 Å². The number of hydrogen-bond acceptors (Lipinski definition) is 3. The third-order valence-corrected chi connectivity index (χ3v) is 1.37. The van der Waals surface area contributed by atoms with Crippen LogP contribution in [0.1, 0.15) is 15.9 Å². The predicted molar refractivity (Wildman–Crippen MR) is 42.4 cm³/mol. The molecule has 0 amide bonds. The van der Waals surface area contributed by atoms with Gasteiger partial charge in [-0.25, -0.2) is 4.79 Å². The minimum atomic E-state index is -0.793. The lowest BCUT2D eigenvalue weighted by Gasteiger charge is -1.95. The molecule has 1 aromatic rings. The quantitative estimate of drug-likeness (QED) is 0.384. The van der Waals surface area contributed by atoms with Crippen molar-refractivity contribution in [3.63, 3.8) is 0 Å². The molecule has 0 saturated heterocycles. The monoisotopic (exact) mass is 162 g/mol. The van der Waals surface area contributed by atoms with E-state index in [9.17, 15) is 4.79 Å². The number of terminal acetylenes is 1. The Balaban J connectivity index is 2.94. The van der Waals surface area contributed by atoms with Gasteiger partial charge < -0.3 is 0 Å². The van der Waals surface area contributed by atoms with Crippen LogP contribution < -0.4 is 0 Å². The average Bonchev–Trinajstić information content (AvgIpc) is 2.17. The summed E-state index contributed by atoms with van der Waals surface area (Å²) in [4.78, 5) is 14.2. The van der Waals surface area contributed by atoms with Gasteiger partial charge in [-0.15, -0.1) is 6.42 Å². The van der Waals surface area contributed by atoms with Gasteiger partial charge in [0.25, 0.3) is 0 Å². The van der Waals surface area contributed by atoms with E-state index in [1.165, 1.54) is 12.1 Å². The lowest BCUT2D eigenvalue weighted by molar-refractivity contribution is -0.182. The lowest BCUT2D eigenvalue weighted by Crippen LogP contribution is -2.00. The number of benzene rings is 1. The molecule has 0 heterocycles. The second-order valence-electron chi connectivity index (χ2n) is 2.10. The van der Waals surface area contributed by atoms with Crippen molar-refractivity contribution in [1.29, 1.82) is 0 Å². The number of carbonyl (C=O) groups is 1. The average molecular weight is 162 g/mol. The molecular weight excluding hydrogens is 156 g/mol. The molecule has 0 fully saturated rings. The fourth-order valence-electron chi connectivity index (χ4n) is 0.755. The van der Waals surface area contributed by atoms with Crippen molar-refractivity contribution in [2.24, 2.45) is 0 Å². The van der Waals surface area contributed by atoms with Crippen molar-refractivity contribution in [1.82, 2.24) is 0 Å². The third-order valence-electron chi connectivity index (χ3n) is 1.37. The fraction of sp³-hybridized carbons (Fsp3) is 0. The summed E-state index contributed by atoms with van der Waals surface area (Å²) in [5.74, 6) is 1.60. The van der Waals surface area contributed by atoms with Gasteiger partial charge in [0, 0.05) is 5.56 Å². The molecule has 0 aliphatic heterocycles. The van der Waals surface area contributed by atoms with E-state index in [1.807, 2.05) is 0 Å². The topological polar surface area (TPSA) is 46.5 Å². The first-order valence-electron chi connectivity index (χ1n) is 3.20. The molecule has 12 heavy (non-hydrogen) atoms. The molecule has 0 saturated carbocycles. The Labute approximate surface area is 69.5 Å². The van der Waals surface area contributed by atoms with Crippen LogP contribution in [0.2, 0.25) is 0 Å². The Morgan fingerprint density at radius 3 is 2.42 bits per heavy atom. The Morgan fingerprint density at radius 1 is 1.42 bits per heavy atom. The Kier molecular flexibility index (Phi) is 2.46. The second kappa shape index (κ2) is 3.56. The molecule has 0 atom stereocenters. The van der Waals surface area contributed by atoms with Gasteiger partial charge in [0.05, 0.1) is 5.56 Å². The molecule has 1 rings (SSSR count). The SMILES string of the molecule is C#Cc1ccc(C(=O)OO)cc1. The number of hydrogen-bond donors (Lipinski definition) is 1. The van der Waals surface area contributed by atoms with Crippen LogP contribution in [-0.4, -0.2) is 11.2 Å². The van der Waals surface area contributed by atoms with E-state index < -0.39 is 5.97 Å². The smallest absolute Gasteiger partial charge is 0.296 e. The molecule has 0 spiro atoms. The van der Waals surface area contributed by atoms with Gasteiger partial charge in [-0.1, -0.05) is 5.92 Å². The van der Waals surface area contributed by atoms with E-state index in [4.69, 9.17) is 11.7 Å². The van der Waals surface area contributed by atoms with Crippen LogP contribution >= 0.6 is 0 Å². The van der Waals surface area contributed by atoms with Crippen molar-refractivity contribution < 1.29 is 14.9 Å². The zero-order chi connectivity index (χ0) is 8.97. The molecule has 0 unspecified atom stereocenters. The zero-order valence-electron chi connectivity index (χ0n) is 6.15. The van der Waals surface area contributed by atoms with Gasteiger partial charge in [0.2, 0.25) is 0 Å². The normalized spacial score (nSPS) is 8.67. The summed E-state index contributed by atoms with van der Waals surface area (Å²) in [7, 11) is 0. The minimum Gasteiger partial charge on any atom is -0.296 e. The Hall–Kier alpha value is -1.79.